The fourth-order valence-electron chi connectivity index (χ4n) is 1.84. The Morgan fingerprint density at radius 2 is 2.00 bits per heavy atom. The Balaban J connectivity index is 2.08. The maximum absolute atomic E-state index is 11.9. The molecule has 0 heterocycles. The molecule has 1 N–H and O–H groups in total. The summed E-state index contributed by atoms with van der Waals surface area (Å²) in [7, 11) is 0. The number of nitro groups is 1. The van der Waals surface area contributed by atoms with E-state index in [1.54, 1.807) is 0 Å². The summed E-state index contributed by atoms with van der Waals surface area (Å²) in [6.45, 7) is 0. The first-order valence-corrected chi connectivity index (χ1v) is 5.54. The average molecular weight is 245 g/mol. The molecule has 0 atom stereocenters. The van der Waals surface area contributed by atoms with E-state index in [-0.39, 0.29) is 11.6 Å². The van der Waals surface area contributed by atoms with E-state index < -0.39 is 10.3 Å². The number of rotatable bonds is 3. The van der Waals surface area contributed by atoms with E-state index in [1.165, 1.54) is 24.3 Å². The van der Waals surface area contributed by atoms with E-state index in [2.05, 4.69) is 5.32 Å². The third-order valence-corrected chi connectivity index (χ3v) is 3.19. The molecule has 0 saturated heterocycles. The van der Waals surface area contributed by atoms with Crippen LogP contribution in [0.2, 0.25) is 0 Å². The molecule has 6 heteroatoms. The van der Waals surface area contributed by atoms with Crippen LogP contribution in [0.15, 0.2) is 24.3 Å². The van der Waals surface area contributed by atoms with Gasteiger partial charge in [-0.3, -0.25) is 14.9 Å². The number of anilines is 1. The van der Waals surface area contributed by atoms with E-state index in [1.807, 2.05) is 6.07 Å². The Bertz CT molecular complexity index is 526. The van der Waals surface area contributed by atoms with Crippen molar-refractivity contribution in [2.24, 2.45) is 5.41 Å². The van der Waals surface area contributed by atoms with Gasteiger partial charge in [0.05, 0.1) is 11.0 Å². The number of hydrogen-bond acceptors (Lipinski definition) is 4. The largest absolute Gasteiger partial charge is 0.325 e. The number of carbonyl (C=O) groups is 1. The number of carbonyl (C=O) groups excluding carboxylic acids is 1. The number of nitrogens with zero attached hydrogens (tertiary/aromatic N) is 2. The lowest BCUT2D eigenvalue weighted by Crippen LogP contribution is -2.40. The van der Waals surface area contributed by atoms with Gasteiger partial charge in [-0.15, -0.1) is 0 Å². The summed E-state index contributed by atoms with van der Waals surface area (Å²) >= 11 is 0. The molecule has 18 heavy (non-hydrogen) atoms. The van der Waals surface area contributed by atoms with Crippen molar-refractivity contribution in [1.29, 1.82) is 5.26 Å². The van der Waals surface area contributed by atoms with Gasteiger partial charge < -0.3 is 5.32 Å². The molecule has 0 unspecified atom stereocenters. The molecule has 1 aromatic carbocycles. The maximum atomic E-state index is 11.9. The first-order chi connectivity index (χ1) is 8.57. The van der Waals surface area contributed by atoms with E-state index >= 15 is 0 Å². The van der Waals surface area contributed by atoms with Crippen molar-refractivity contribution in [3.8, 4) is 6.07 Å². The highest BCUT2D eigenvalue weighted by Gasteiger charge is 2.44. The van der Waals surface area contributed by atoms with Crippen LogP contribution >= 0.6 is 0 Å². The minimum absolute atomic E-state index is 0.0355. The molecule has 2 rings (SSSR count). The van der Waals surface area contributed by atoms with Crippen molar-refractivity contribution >= 4 is 17.3 Å². The van der Waals surface area contributed by atoms with Gasteiger partial charge in [0.15, 0.2) is 0 Å². The molecule has 1 amide bonds. The van der Waals surface area contributed by atoms with Crippen LogP contribution < -0.4 is 5.32 Å². The van der Waals surface area contributed by atoms with Gasteiger partial charge in [-0.25, -0.2) is 0 Å². The summed E-state index contributed by atoms with van der Waals surface area (Å²) in [5, 5.41) is 22.1. The zero-order valence-corrected chi connectivity index (χ0v) is 9.55. The van der Waals surface area contributed by atoms with Crippen LogP contribution in [-0.4, -0.2) is 10.8 Å². The third-order valence-electron chi connectivity index (χ3n) is 3.19. The van der Waals surface area contributed by atoms with Gasteiger partial charge in [0.1, 0.15) is 5.41 Å². The minimum atomic E-state index is -0.915. The van der Waals surface area contributed by atoms with Gasteiger partial charge in [0.2, 0.25) is 5.91 Å². The molecule has 1 aromatic rings. The van der Waals surface area contributed by atoms with E-state index in [0.29, 0.717) is 18.5 Å². The van der Waals surface area contributed by atoms with Crippen LogP contribution in [0.5, 0.6) is 0 Å². The van der Waals surface area contributed by atoms with Crippen molar-refractivity contribution in [3.05, 3.63) is 34.4 Å². The number of non-ortho nitro benzene ring substituents is 1. The zero-order valence-electron chi connectivity index (χ0n) is 9.55. The number of hydrogen-bond donors (Lipinski definition) is 1. The van der Waals surface area contributed by atoms with Crippen LogP contribution in [0, 0.1) is 26.9 Å². The SMILES string of the molecule is N#CC1(C(=O)Nc2ccc([N+](=O)[O-])cc2)CCC1. The first kappa shape index (κ1) is 12.0. The Kier molecular flexibility index (Phi) is 2.98. The lowest BCUT2D eigenvalue weighted by molar-refractivity contribution is -0.384. The average Bonchev–Trinajstić information content (AvgIpc) is 2.29. The topological polar surface area (TPSA) is 96.0 Å². The number of nitriles is 1. The smallest absolute Gasteiger partial charge is 0.269 e. The number of nitrogens with one attached hydrogen (secondary N) is 1. The molecule has 92 valence electrons. The lowest BCUT2D eigenvalue weighted by atomic mass is 9.69. The highest BCUT2D eigenvalue weighted by atomic mass is 16.6. The monoisotopic (exact) mass is 245 g/mol. The van der Waals surface area contributed by atoms with Crippen LogP contribution in [0.1, 0.15) is 19.3 Å². The van der Waals surface area contributed by atoms with Crippen LogP contribution in [0.3, 0.4) is 0 Å². The van der Waals surface area contributed by atoms with Gasteiger partial charge in [0, 0.05) is 17.8 Å². The van der Waals surface area contributed by atoms with Gasteiger partial charge in [-0.05, 0) is 31.4 Å². The summed E-state index contributed by atoms with van der Waals surface area (Å²) in [6.07, 6.45) is 2.02. The summed E-state index contributed by atoms with van der Waals surface area (Å²) in [5.74, 6) is -0.329. The van der Waals surface area contributed by atoms with Crippen LogP contribution in [0.4, 0.5) is 11.4 Å². The van der Waals surface area contributed by atoms with E-state index in [9.17, 15) is 14.9 Å². The fourth-order valence-corrected chi connectivity index (χ4v) is 1.84. The fraction of sp³-hybridized carbons (Fsp3) is 0.333. The maximum Gasteiger partial charge on any atom is 0.269 e. The van der Waals surface area contributed by atoms with Crippen molar-refractivity contribution in [3.63, 3.8) is 0 Å². The molecule has 1 aliphatic rings. The number of benzene rings is 1. The second-order valence-electron chi connectivity index (χ2n) is 4.31. The standard InChI is InChI=1S/C12H11N3O3/c13-8-12(6-1-7-12)11(16)14-9-2-4-10(5-3-9)15(17)18/h2-5H,1,6-7H2,(H,14,16). The van der Waals surface area contributed by atoms with Gasteiger partial charge in [0.25, 0.3) is 5.69 Å². The van der Waals surface area contributed by atoms with Gasteiger partial charge >= 0.3 is 0 Å². The van der Waals surface area contributed by atoms with Crippen molar-refractivity contribution in [2.75, 3.05) is 5.32 Å². The highest BCUT2D eigenvalue weighted by Crippen LogP contribution is 2.41. The molecular formula is C12H11N3O3. The Morgan fingerprint density at radius 1 is 1.39 bits per heavy atom. The van der Waals surface area contributed by atoms with Crippen LogP contribution in [-0.2, 0) is 4.79 Å². The van der Waals surface area contributed by atoms with Gasteiger partial charge in [-0.2, -0.15) is 5.26 Å². The molecule has 0 spiro atoms. The minimum Gasteiger partial charge on any atom is -0.325 e. The summed E-state index contributed by atoms with van der Waals surface area (Å²) in [4.78, 5) is 21.9. The molecule has 0 bridgehead atoms. The first-order valence-electron chi connectivity index (χ1n) is 5.54. The molecule has 1 aliphatic carbocycles. The zero-order chi connectivity index (χ0) is 13.2. The lowest BCUT2D eigenvalue weighted by Gasteiger charge is -2.33. The molecular weight excluding hydrogens is 234 g/mol. The second-order valence-corrected chi connectivity index (χ2v) is 4.31. The molecule has 1 fully saturated rings. The Morgan fingerprint density at radius 3 is 2.39 bits per heavy atom. The Labute approximate surface area is 103 Å². The second kappa shape index (κ2) is 4.45. The summed E-state index contributed by atoms with van der Waals surface area (Å²) < 4.78 is 0. The number of nitro benzene ring substituents is 1. The molecule has 1 saturated carbocycles. The van der Waals surface area contributed by atoms with Crippen molar-refractivity contribution in [1.82, 2.24) is 0 Å². The van der Waals surface area contributed by atoms with Gasteiger partial charge in [-0.1, -0.05) is 0 Å². The third kappa shape index (κ3) is 2.02. The molecule has 0 aromatic heterocycles. The summed E-state index contributed by atoms with van der Waals surface area (Å²) in [5.41, 5.74) is -0.485. The summed E-state index contributed by atoms with van der Waals surface area (Å²) in [6, 6.07) is 7.59. The normalized spacial score (nSPS) is 16.2. The Hall–Kier alpha value is -2.42. The van der Waals surface area contributed by atoms with Crippen molar-refractivity contribution < 1.29 is 9.72 Å². The quantitative estimate of drug-likeness (QED) is 0.652. The highest BCUT2D eigenvalue weighted by molar-refractivity contribution is 5.97. The van der Waals surface area contributed by atoms with Crippen LogP contribution in [0.25, 0.3) is 0 Å². The van der Waals surface area contributed by atoms with E-state index in [0.717, 1.165) is 6.42 Å². The molecule has 6 nitrogen and oxygen atoms in total. The molecule has 0 radical (unpaired) electrons. The predicted molar refractivity (Wildman–Crippen MR) is 63.6 cm³/mol. The predicted octanol–water partition coefficient (Wildman–Crippen LogP) is 2.23. The van der Waals surface area contributed by atoms with E-state index in [4.69, 9.17) is 5.26 Å². The number of amides is 1. The molecule has 0 aliphatic heterocycles. The van der Waals surface area contributed by atoms with Crippen molar-refractivity contribution in [2.45, 2.75) is 19.3 Å².